The number of rotatable bonds is 6. The van der Waals surface area contributed by atoms with Gasteiger partial charge in [0.05, 0.1) is 7.11 Å². The van der Waals surface area contributed by atoms with E-state index in [1.165, 1.54) is 25.3 Å². The van der Waals surface area contributed by atoms with Crippen molar-refractivity contribution in [2.75, 3.05) is 33.8 Å². The van der Waals surface area contributed by atoms with Crippen molar-refractivity contribution in [1.29, 1.82) is 0 Å². The number of likely N-dealkylation sites (tertiary alicyclic amines) is 1. The highest BCUT2D eigenvalue weighted by atomic mass is 19.3. The van der Waals surface area contributed by atoms with E-state index in [0.717, 1.165) is 19.4 Å². The molecular formula is C16H22F2N2O3. The molecule has 1 amide bonds. The number of hydrogen-bond acceptors (Lipinski definition) is 4. The summed E-state index contributed by atoms with van der Waals surface area (Å²) in [4.78, 5) is 14.4. The van der Waals surface area contributed by atoms with E-state index in [0.29, 0.717) is 24.6 Å². The van der Waals surface area contributed by atoms with E-state index >= 15 is 0 Å². The number of carbonyl (C=O) groups is 1. The molecule has 1 aliphatic heterocycles. The van der Waals surface area contributed by atoms with Gasteiger partial charge in [-0.2, -0.15) is 8.78 Å². The van der Waals surface area contributed by atoms with Crippen molar-refractivity contribution >= 4 is 5.91 Å². The lowest BCUT2D eigenvalue weighted by Crippen LogP contribution is -2.42. The van der Waals surface area contributed by atoms with Crippen LogP contribution in [-0.2, 0) is 0 Å². The molecule has 0 radical (unpaired) electrons. The summed E-state index contributed by atoms with van der Waals surface area (Å²) < 4.78 is 34.1. The van der Waals surface area contributed by atoms with Crippen molar-refractivity contribution in [2.45, 2.75) is 19.5 Å². The smallest absolute Gasteiger partial charge is 0.387 e. The summed E-state index contributed by atoms with van der Waals surface area (Å²) in [7, 11) is 3.25. The Morgan fingerprint density at radius 1 is 1.43 bits per heavy atom. The molecule has 1 aliphatic rings. The van der Waals surface area contributed by atoms with Gasteiger partial charge in [-0.1, -0.05) is 0 Å². The molecule has 0 aliphatic carbocycles. The molecule has 0 aromatic heterocycles. The highest BCUT2D eigenvalue weighted by Crippen LogP contribution is 2.30. The Morgan fingerprint density at radius 3 is 2.87 bits per heavy atom. The number of piperidine rings is 1. The average molecular weight is 328 g/mol. The van der Waals surface area contributed by atoms with Crippen molar-refractivity contribution in [3.05, 3.63) is 23.8 Å². The van der Waals surface area contributed by atoms with E-state index < -0.39 is 6.61 Å². The molecule has 23 heavy (non-hydrogen) atoms. The first kappa shape index (κ1) is 17.5. The second-order valence-electron chi connectivity index (χ2n) is 5.56. The number of carbonyl (C=O) groups excluding carboxylic acids is 1. The monoisotopic (exact) mass is 328 g/mol. The Balaban J connectivity index is 2.12. The second-order valence-corrected chi connectivity index (χ2v) is 5.56. The van der Waals surface area contributed by atoms with E-state index in [1.54, 1.807) is 4.90 Å². The van der Waals surface area contributed by atoms with Gasteiger partial charge in [0.25, 0.3) is 5.91 Å². The predicted molar refractivity (Wildman–Crippen MR) is 82.2 cm³/mol. The number of alkyl halides is 2. The molecule has 0 saturated carbocycles. The summed E-state index contributed by atoms with van der Waals surface area (Å²) in [5, 5.41) is 3.14. The van der Waals surface area contributed by atoms with Crippen LogP contribution in [-0.4, -0.2) is 51.2 Å². The van der Waals surface area contributed by atoms with Crippen LogP contribution in [0.1, 0.15) is 23.2 Å². The first-order chi connectivity index (χ1) is 11.0. The van der Waals surface area contributed by atoms with Crippen LogP contribution in [0.5, 0.6) is 11.5 Å². The summed E-state index contributed by atoms with van der Waals surface area (Å²) in [5.74, 6) is 0.361. The van der Waals surface area contributed by atoms with Crippen molar-refractivity contribution in [2.24, 2.45) is 5.92 Å². The fourth-order valence-corrected chi connectivity index (χ4v) is 2.88. The Bertz CT molecular complexity index is 538. The van der Waals surface area contributed by atoms with Crippen LogP contribution in [0.25, 0.3) is 0 Å². The molecule has 1 atom stereocenters. The van der Waals surface area contributed by atoms with E-state index in [9.17, 15) is 13.6 Å². The van der Waals surface area contributed by atoms with Crippen LogP contribution < -0.4 is 14.8 Å². The Morgan fingerprint density at radius 2 is 2.22 bits per heavy atom. The van der Waals surface area contributed by atoms with E-state index in [2.05, 4.69) is 10.1 Å². The molecule has 128 valence electrons. The minimum Gasteiger partial charge on any atom is -0.493 e. The Hall–Kier alpha value is -1.89. The lowest BCUT2D eigenvalue weighted by atomic mass is 9.97. The van der Waals surface area contributed by atoms with Gasteiger partial charge >= 0.3 is 6.61 Å². The summed E-state index contributed by atoms with van der Waals surface area (Å²) >= 11 is 0. The van der Waals surface area contributed by atoms with Gasteiger partial charge < -0.3 is 19.7 Å². The first-order valence-corrected chi connectivity index (χ1v) is 7.62. The number of nitrogens with one attached hydrogen (secondary N) is 1. The van der Waals surface area contributed by atoms with Crippen LogP contribution in [0.2, 0.25) is 0 Å². The molecule has 5 nitrogen and oxygen atoms in total. The Kier molecular flexibility index (Phi) is 6.15. The Labute approximate surface area is 134 Å². The maximum Gasteiger partial charge on any atom is 0.387 e. The predicted octanol–water partition coefficient (Wildman–Crippen LogP) is 2.37. The molecule has 0 bridgehead atoms. The first-order valence-electron chi connectivity index (χ1n) is 7.62. The maximum absolute atomic E-state index is 12.6. The number of methoxy groups -OCH3 is 1. The molecule has 1 fully saturated rings. The summed E-state index contributed by atoms with van der Waals surface area (Å²) in [6.07, 6.45) is 2.05. The van der Waals surface area contributed by atoms with Crippen molar-refractivity contribution in [1.82, 2.24) is 10.2 Å². The van der Waals surface area contributed by atoms with Gasteiger partial charge in [0.15, 0.2) is 11.5 Å². The zero-order valence-electron chi connectivity index (χ0n) is 13.4. The van der Waals surface area contributed by atoms with Crippen LogP contribution in [0.4, 0.5) is 8.78 Å². The van der Waals surface area contributed by atoms with Gasteiger partial charge in [-0.25, -0.2) is 0 Å². The van der Waals surface area contributed by atoms with Crippen LogP contribution in [0.3, 0.4) is 0 Å². The van der Waals surface area contributed by atoms with Crippen molar-refractivity contribution in [3.8, 4) is 11.5 Å². The number of benzene rings is 1. The van der Waals surface area contributed by atoms with Gasteiger partial charge in [0, 0.05) is 18.7 Å². The number of amides is 1. The minimum absolute atomic E-state index is 0.0780. The zero-order chi connectivity index (χ0) is 16.8. The highest BCUT2D eigenvalue weighted by molar-refractivity contribution is 5.95. The fourth-order valence-electron chi connectivity index (χ4n) is 2.88. The number of nitrogens with zero attached hydrogens (tertiary/aromatic N) is 1. The molecule has 1 heterocycles. The molecule has 1 saturated heterocycles. The largest absolute Gasteiger partial charge is 0.493 e. The lowest BCUT2D eigenvalue weighted by Gasteiger charge is -2.32. The molecular weight excluding hydrogens is 306 g/mol. The van der Waals surface area contributed by atoms with Crippen LogP contribution in [0.15, 0.2) is 18.2 Å². The average Bonchev–Trinajstić information content (AvgIpc) is 2.54. The molecule has 1 unspecified atom stereocenters. The zero-order valence-corrected chi connectivity index (χ0v) is 13.4. The van der Waals surface area contributed by atoms with Gasteiger partial charge in [0.1, 0.15) is 0 Å². The highest BCUT2D eigenvalue weighted by Gasteiger charge is 2.25. The van der Waals surface area contributed by atoms with Crippen LogP contribution in [0, 0.1) is 5.92 Å². The number of hydrogen-bond donors (Lipinski definition) is 1. The standard InChI is InChI=1S/C16H22F2N2O3/c1-19-9-11-4-3-7-20(10-11)15(21)12-5-6-13(23-16(17)18)14(8-12)22-2/h5-6,8,11,16,19H,3-4,7,9-10H2,1-2H3. The number of ether oxygens (including phenoxy) is 2. The normalized spacial score (nSPS) is 18.1. The molecule has 0 spiro atoms. The summed E-state index contributed by atoms with van der Waals surface area (Å²) in [6, 6.07) is 4.28. The van der Waals surface area contributed by atoms with Crippen molar-refractivity contribution in [3.63, 3.8) is 0 Å². The summed E-state index contributed by atoms with van der Waals surface area (Å²) in [5.41, 5.74) is 0.411. The SMILES string of the molecule is CNCC1CCCN(C(=O)c2ccc(OC(F)F)c(OC)c2)C1. The topological polar surface area (TPSA) is 50.8 Å². The van der Waals surface area contributed by atoms with E-state index in [4.69, 9.17) is 4.74 Å². The van der Waals surface area contributed by atoms with Crippen LogP contribution >= 0.6 is 0 Å². The van der Waals surface area contributed by atoms with E-state index in [-0.39, 0.29) is 17.4 Å². The third kappa shape index (κ3) is 4.54. The van der Waals surface area contributed by atoms with Crippen molar-refractivity contribution < 1.29 is 23.0 Å². The van der Waals surface area contributed by atoms with Gasteiger partial charge in [-0.3, -0.25) is 4.79 Å². The molecule has 1 aromatic carbocycles. The van der Waals surface area contributed by atoms with Gasteiger partial charge in [0.2, 0.25) is 0 Å². The molecule has 2 rings (SSSR count). The summed E-state index contributed by atoms with van der Waals surface area (Å²) in [6.45, 7) is -0.669. The molecule has 1 N–H and O–H groups in total. The second kappa shape index (κ2) is 8.10. The third-order valence-corrected chi connectivity index (χ3v) is 3.93. The molecule has 1 aromatic rings. The fraction of sp³-hybridized carbons (Fsp3) is 0.562. The number of halogens is 2. The quantitative estimate of drug-likeness (QED) is 0.871. The molecule has 7 heteroatoms. The van der Waals surface area contributed by atoms with E-state index in [1.807, 2.05) is 7.05 Å². The third-order valence-electron chi connectivity index (χ3n) is 3.93. The van der Waals surface area contributed by atoms with Gasteiger partial charge in [-0.15, -0.1) is 0 Å². The minimum atomic E-state index is -2.94. The van der Waals surface area contributed by atoms with Gasteiger partial charge in [-0.05, 0) is 50.6 Å². The lowest BCUT2D eigenvalue weighted by molar-refractivity contribution is -0.0512. The maximum atomic E-state index is 12.6.